The predicted molar refractivity (Wildman–Crippen MR) is 103 cm³/mol. The summed E-state index contributed by atoms with van der Waals surface area (Å²) in [6.07, 6.45) is 1.30. The van der Waals surface area contributed by atoms with Crippen molar-refractivity contribution in [3.63, 3.8) is 0 Å². The Morgan fingerprint density at radius 3 is 2.75 bits per heavy atom. The number of benzene rings is 2. The Bertz CT molecular complexity index is 962. The van der Waals surface area contributed by atoms with Crippen molar-refractivity contribution >= 4 is 29.5 Å². The predicted octanol–water partition coefficient (Wildman–Crippen LogP) is 2.15. The van der Waals surface area contributed by atoms with Crippen LogP contribution in [0.25, 0.3) is 0 Å². The first-order valence-electron chi connectivity index (χ1n) is 8.98. The molecule has 2 aromatic rings. The number of carbonyl (C=O) groups excluding carboxylic acids is 3. The smallest absolute Gasteiger partial charge is 0.251 e. The highest BCUT2D eigenvalue weighted by Crippen LogP contribution is 2.46. The van der Waals surface area contributed by atoms with Crippen LogP contribution in [0.3, 0.4) is 0 Å². The molecule has 0 bridgehead atoms. The average molecular weight is 397 g/mol. The van der Waals surface area contributed by atoms with Crippen LogP contribution in [0, 0.1) is 0 Å². The minimum atomic E-state index is -0.585. The van der Waals surface area contributed by atoms with E-state index in [-0.39, 0.29) is 18.4 Å². The Morgan fingerprint density at radius 2 is 1.93 bits per heavy atom. The molecule has 144 valence electrons. The Morgan fingerprint density at radius 1 is 1.14 bits per heavy atom. The lowest BCUT2D eigenvalue weighted by Gasteiger charge is -2.22. The number of carbonyl (C=O) groups is 3. The molecule has 3 N–H and O–H groups in total. The number of primary amides is 1. The minimum Gasteiger partial charge on any atom is -0.455 e. The largest absolute Gasteiger partial charge is 0.455 e. The molecule has 0 aromatic heterocycles. The first kappa shape index (κ1) is 18.4. The quantitative estimate of drug-likeness (QED) is 0.702. The first-order chi connectivity index (χ1) is 13.5. The summed E-state index contributed by atoms with van der Waals surface area (Å²) in [6.45, 7) is 0.295. The van der Waals surface area contributed by atoms with Crippen LogP contribution in [0.1, 0.15) is 23.2 Å². The van der Waals surface area contributed by atoms with Crippen molar-refractivity contribution in [3.05, 3.63) is 48.0 Å². The third-order valence-corrected chi connectivity index (χ3v) is 5.91. The van der Waals surface area contributed by atoms with Crippen LogP contribution >= 0.6 is 11.8 Å². The molecule has 4 rings (SSSR count). The Labute approximate surface area is 166 Å². The van der Waals surface area contributed by atoms with Crippen molar-refractivity contribution in [2.45, 2.75) is 28.7 Å². The molecule has 2 aliphatic heterocycles. The molecule has 0 saturated carbocycles. The van der Waals surface area contributed by atoms with Crippen molar-refractivity contribution in [2.24, 2.45) is 5.73 Å². The fraction of sp³-hybridized carbons (Fsp3) is 0.250. The molecular formula is C20H19N3O4S. The maximum absolute atomic E-state index is 12.5. The summed E-state index contributed by atoms with van der Waals surface area (Å²) in [5.74, 6) is 0.156. The van der Waals surface area contributed by atoms with Gasteiger partial charge >= 0.3 is 0 Å². The molecule has 0 spiro atoms. The van der Waals surface area contributed by atoms with Crippen LogP contribution in [0.4, 0.5) is 0 Å². The average Bonchev–Trinajstić information content (AvgIpc) is 3.20. The number of para-hydroxylation sites is 1. The number of hydrogen-bond donors (Lipinski definition) is 2. The van der Waals surface area contributed by atoms with Gasteiger partial charge in [0, 0.05) is 12.1 Å². The second-order valence-corrected chi connectivity index (χ2v) is 7.73. The number of ether oxygens (including phenoxy) is 1. The van der Waals surface area contributed by atoms with Gasteiger partial charge < -0.3 is 20.7 Å². The van der Waals surface area contributed by atoms with Crippen molar-refractivity contribution in [3.8, 4) is 11.5 Å². The molecule has 7 nitrogen and oxygen atoms in total. The van der Waals surface area contributed by atoms with Gasteiger partial charge in [0.25, 0.3) is 5.91 Å². The van der Waals surface area contributed by atoms with E-state index < -0.39 is 11.9 Å². The van der Waals surface area contributed by atoms with E-state index in [9.17, 15) is 14.4 Å². The molecule has 0 radical (unpaired) electrons. The van der Waals surface area contributed by atoms with Crippen molar-refractivity contribution in [2.75, 3.05) is 13.1 Å². The standard InChI is InChI=1S/C20H19N3O4S/c21-19(25)13-4-3-9-23(13)18(24)11-22-20(26)12-7-8-17-15(10-12)27-14-5-1-2-6-16(14)28-17/h1-2,5-8,10,13H,3-4,9,11H2,(H2,21,25)(H,22,26). The van der Waals surface area contributed by atoms with Crippen LogP contribution in [-0.2, 0) is 9.59 Å². The van der Waals surface area contributed by atoms with Gasteiger partial charge in [-0.15, -0.1) is 0 Å². The van der Waals surface area contributed by atoms with Crippen molar-refractivity contribution in [1.29, 1.82) is 0 Å². The highest BCUT2D eigenvalue weighted by Gasteiger charge is 2.32. The van der Waals surface area contributed by atoms with E-state index in [4.69, 9.17) is 10.5 Å². The fourth-order valence-electron chi connectivity index (χ4n) is 3.39. The van der Waals surface area contributed by atoms with Gasteiger partial charge in [0.2, 0.25) is 11.8 Å². The van der Waals surface area contributed by atoms with E-state index in [0.29, 0.717) is 24.3 Å². The van der Waals surface area contributed by atoms with Crippen LogP contribution in [0.2, 0.25) is 0 Å². The first-order valence-corrected chi connectivity index (χ1v) is 9.80. The van der Waals surface area contributed by atoms with E-state index in [1.54, 1.807) is 23.9 Å². The highest BCUT2D eigenvalue weighted by molar-refractivity contribution is 7.99. The molecule has 1 unspecified atom stereocenters. The normalized spacial score (nSPS) is 17.3. The minimum absolute atomic E-state index is 0.182. The Balaban J connectivity index is 1.41. The molecule has 0 aliphatic carbocycles. The third kappa shape index (κ3) is 3.55. The van der Waals surface area contributed by atoms with E-state index in [0.717, 1.165) is 22.0 Å². The lowest BCUT2D eigenvalue weighted by atomic mass is 10.2. The van der Waals surface area contributed by atoms with Gasteiger partial charge in [-0.2, -0.15) is 0 Å². The molecule has 2 aromatic carbocycles. The number of nitrogens with two attached hydrogens (primary N) is 1. The monoisotopic (exact) mass is 397 g/mol. The summed E-state index contributed by atoms with van der Waals surface area (Å²) in [4.78, 5) is 39.6. The molecule has 2 aliphatic rings. The Hall–Kier alpha value is -3.00. The molecule has 1 fully saturated rings. The van der Waals surface area contributed by atoms with E-state index in [1.165, 1.54) is 4.90 Å². The molecule has 3 amide bonds. The summed E-state index contributed by atoms with van der Waals surface area (Å²) < 4.78 is 5.89. The zero-order chi connectivity index (χ0) is 19.7. The molecule has 28 heavy (non-hydrogen) atoms. The zero-order valence-corrected chi connectivity index (χ0v) is 15.8. The van der Waals surface area contributed by atoms with Gasteiger partial charge in [0.05, 0.1) is 16.3 Å². The highest BCUT2D eigenvalue weighted by atomic mass is 32.2. The van der Waals surface area contributed by atoms with Crippen LogP contribution < -0.4 is 15.8 Å². The SMILES string of the molecule is NC(=O)C1CCCN1C(=O)CNC(=O)c1ccc2c(c1)Oc1ccccc1S2. The molecule has 1 saturated heterocycles. The lowest BCUT2D eigenvalue weighted by molar-refractivity contribution is -0.136. The summed E-state index contributed by atoms with van der Waals surface area (Å²) in [7, 11) is 0. The number of amides is 3. The van der Waals surface area contributed by atoms with Crippen molar-refractivity contribution in [1.82, 2.24) is 10.2 Å². The van der Waals surface area contributed by atoms with Gasteiger partial charge in [0.15, 0.2) is 0 Å². The number of fused-ring (bicyclic) bond motifs is 2. The van der Waals surface area contributed by atoms with E-state index in [1.807, 2.05) is 30.3 Å². The number of hydrogen-bond acceptors (Lipinski definition) is 5. The molecule has 8 heteroatoms. The lowest BCUT2D eigenvalue weighted by Crippen LogP contribution is -2.47. The molecule has 2 heterocycles. The zero-order valence-electron chi connectivity index (χ0n) is 15.0. The second-order valence-electron chi connectivity index (χ2n) is 6.64. The van der Waals surface area contributed by atoms with Gasteiger partial charge in [0.1, 0.15) is 17.5 Å². The fourth-order valence-corrected chi connectivity index (χ4v) is 4.32. The van der Waals surface area contributed by atoms with E-state index >= 15 is 0 Å². The van der Waals surface area contributed by atoms with Gasteiger partial charge in [-0.25, -0.2) is 0 Å². The second kappa shape index (κ2) is 7.55. The molecular weight excluding hydrogens is 378 g/mol. The maximum atomic E-state index is 12.5. The van der Waals surface area contributed by atoms with Gasteiger partial charge in [-0.05, 0) is 43.2 Å². The van der Waals surface area contributed by atoms with Crippen LogP contribution in [0.15, 0.2) is 52.3 Å². The topological polar surface area (TPSA) is 102 Å². The summed E-state index contributed by atoms with van der Waals surface area (Å²) in [5.41, 5.74) is 5.74. The van der Waals surface area contributed by atoms with Crippen LogP contribution in [0.5, 0.6) is 11.5 Å². The van der Waals surface area contributed by atoms with Gasteiger partial charge in [-0.1, -0.05) is 23.9 Å². The number of nitrogens with one attached hydrogen (secondary N) is 1. The maximum Gasteiger partial charge on any atom is 0.251 e. The van der Waals surface area contributed by atoms with E-state index in [2.05, 4.69) is 5.32 Å². The summed E-state index contributed by atoms with van der Waals surface area (Å²) in [5, 5.41) is 2.62. The summed E-state index contributed by atoms with van der Waals surface area (Å²) in [6, 6.07) is 12.3. The van der Waals surface area contributed by atoms with Crippen LogP contribution in [-0.4, -0.2) is 41.8 Å². The third-order valence-electron chi connectivity index (χ3n) is 4.80. The van der Waals surface area contributed by atoms with Gasteiger partial charge in [-0.3, -0.25) is 14.4 Å². The Kier molecular flexibility index (Phi) is 4.95. The summed E-state index contributed by atoms with van der Waals surface area (Å²) >= 11 is 1.58. The van der Waals surface area contributed by atoms with Crippen molar-refractivity contribution < 1.29 is 19.1 Å². The number of nitrogens with zero attached hydrogens (tertiary/aromatic N) is 1. The molecule has 1 atom stereocenters. The number of likely N-dealkylation sites (tertiary alicyclic amines) is 1. The number of rotatable bonds is 4.